The number of nitrogens with zero attached hydrogens (tertiary/aromatic N) is 2. The van der Waals surface area contributed by atoms with E-state index < -0.39 is 45.8 Å². The van der Waals surface area contributed by atoms with Gasteiger partial charge in [0.15, 0.2) is 0 Å². The Morgan fingerprint density at radius 3 is 2.13 bits per heavy atom. The normalized spacial score (nSPS) is 12.5. The molecule has 0 aliphatic carbocycles. The van der Waals surface area contributed by atoms with E-state index in [0.717, 1.165) is 4.31 Å². The van der Waals surface area contributed by atoms with Gasteiger partial charge in [-0.05, 0) is 87.9 Å². The number of anilines is 1. The first-order valence-electron chi connectivity index (χ1n) is 12.1. The monoisotopic (exact) mass is 593 g/mol. The standard InChI is InChI=1S/C28H30Cl2FN3O4S/c1-19(27(36)32-28(2,3)4)33(17-20-8-12-23(31)13-9-20)26(35)18-34(24-7-5-6-22(30)16-24)39(37,38)25-14-10-21(29)11-15-25/h5-16,19H,17-18H2,1-4H3,(H,32,36)/t19-/m1/s1. The van der Waals surface area contributed by atoms with Crippen LogP contribution in [0.15, 0.2) is 77.7 Å². The van der Waals surface area contributed by atoms with Gasteiger partial charge >= 0.3 is 0 Å². The van der Waals surface area contributed by atoms with E-state index in [0.29, 0.717) is 10.6 Å². The maximum atomic E-state index is 13.8. The maximum Gasteiger partial charge on any atom is 0.264 e. The molecule has 0 aliphatic heterocycles. The lowest BCUT2D eigenvalue weighted by atomic mass is 10.1. The smallest absolute Gasteiger partial charge is 0.264 e. The molecule has 0 bridgehead atoms. The largest absolute Gasteiger partial charge is 0.350 e. The molecule has 0 radical (unpaired) electrons. The van der Waals surface area contributed by atoms with Gasteiger partial charge in [0.2, 0.25) is 11.8 Å². The van der Waals surface area contributed by atoms with Crippen LogP contribution >= 0.6 is 23.2 Å². The van der Waals surface area contributed by atoms with E-state index in [9.17, 15) is 22.4 Å². The molecule has 0 saturated heterocycles. The van der Waals surface area contributed by atoms with Gasteiger partial charge in [0.25, 0.3) is 10.0 Å². The van der Waals surface area contributed by atoms with Crippen molar-refractivity contribution in [3.8, 4) is 0 Å². The fourth-order valence-electron chi connectivity index (χ4n) is 3.74. The van der Waals surface area contributed by atoms with Crippen molar-refractivity contribution in [2.45, 2.75) is 50.7 Å². The summed E-state index contributed by atoms with van der Waals surface area (Å²) in [6.45, 7) is 6.30. The van der Waals surface area contributed by atoms with E-state index in [2.05, 4.69) is 5.32 Å². The van der Waals surface area contributed by atoms with Crippen LogP contribution in [0.25, 0.3) is 0 Å². The fourth-order valence-corrected chi connectivity index (χ4v) is 5.45. The van der Waals surface area contributed by atoms with E-state index in [1.165, 1.54) is 65.6 Å². The Bertz CT molecular complexity index is 1430. The molecule has 0 saturated carbocycles. The van der Waals surface area contributed by atoms with Crippen LogP contribution in [-0.2, 0) is 26.2 Å². The van der Waals surface area contributed by atoms with Crippen LogP contribution in [0.2, 0.25) is 10.0 Å². The number of benzene rings is 3. The third kappa shape index (κ3) is 8.17. The van der Waals surface area contributed by atoms with Crippen LogP contribution < -0.4 is 9.62 Å². The minimum Gasteiger partial charge on any atom is -0.350 e. The molecule has 7 nitrogen and oxygen atoms in total. The van der Waals surface area contributed by atoms with Gasteiger partial charge in [-0.3, -0.25) is 13.9 Å². The van der Waals surface area contributed by atoms with Gasteiger partial charge in [0.1, 0.15) is 18.4 Å². The summed E-state index contributed by atoms with van der Waals surface area (Å²) in [5.74, 6) is -1.52. The number of carbonyl (C=O) groups is 2. The lowest BCUT2D eigenvalue weighted by Crippen LogP contribution is -2.54. The zero-order chi connectivity index (χ0) is 29.0. The minimum atomic E-state index is -4.25. The first-order chi connectivity index (χ1) is 18.2. The maximum absolute atomic E-state index is 13.8. The molecular weight excluding hydrogens is 564 g/mol. The molecule has 1 atom stereocenters. The van der Waals surface area contributed by atoms with Crippen LogP contribution in [0, 0.1) is 5.82 Å². The number of amides is 2. The Morgan fingerprint density at radius 2 is 1.56 bits per heavy atom. The fraction of sp³-hybridized carbons (Fsp3) is 0.286. The highest BCUT2D eigenvalue weighted by Gasteiger charge is 2.33. The van der Waals surface area contributed by atoms with E-state index in [4.69, 9.17) is 23.2 Å². The van der Waals surface area contributed by atoms with Crippen molar-refractivity contribution >= 4 is 50.7 Å². The van der Waals surface area contributed by atoms with Crippen LogP contribution in [-0.4, -0.2) is 43.3 Å². The summed E-state index contributed by atoms with van der Waals surface area (Å²) in [6, 6.07) is 16.2. The minimum absolute atomic E-state index is 0.0534. The molecule has 2 amide bonds. The first-order valence-corrected chi connectivity index (χ1v) is 14.3. The zero-order valence-electron chi connectivity index (χ0n) is 22.0. The Labute approximate surface area is 238 Å². The molecule has 39 heavy (non-hydrogen) atoms. The third-order valence-electron chi connectivity index (χ3n) is 5.71. The van der Waals surface area contributed by atoms with Gasteiger partial charge in [-0.15, -0.1) is 0 Å². The number of hydrogen-bond acceptors (Lipinski definition) is 4. The van der Waals surface area contributed by atoms with Crippen molar-refractivity contribution in [1.29, 1.82) is 0 Å². The predicted octanol–water partition coefficient (Wildman–Crippen LogP) is 5.66. The highest BCUT2D eigenvalue weighted by atomic mass is 35.5. The Morgan fingerprint density at radius 1 is 0.949 bits per heavy atom. The molecule has 0 fully saturated rings. The van der Waals surface area contributed by atoms with Gasteiger partial charge in [0.05, 0.1) is 10.6 Å². The van der Waals surface area contributed by atoms with Crippen molar-refractivity contribution < 1.29 is 22.4 Å². The number of halogens is 3. The molecule has 0 spiro atoms. The van der Waals surface area contributed by atoms with Gasteiger partial charge in [-0.25, -0.2) is 12.8 Å². The summed E-state index contributed by atoms with van der Waals surface area (Å²) in [5.41, 5.74) is 0.162. The summed E-state index contributed by atoms with van der Waals surface area (Å²) >= 11 is 12.1. The molecule has 3 aromatic rings. The van der Waals surface area contributed by atoms with Crippen molar-refractivity contribution in [1.82, 2.24) is 10.2 Å². The predicted molar refractivity (Wildman–Crippen MR) is 152 cm³/mol. The second kappa shape index (κ2) is 12.4. The molecule has 208 valence electrons. The Hall–Kier alpha value is -3.14. The molecule has 3 aromatic carbocycles. The van der Waals surface area contributed by atoms with Crippen LogP contribution in [0.5, 0.6) is 0 Å². The number of rotatable bonds is 9. The summed E-state index contributed by atoms with van der Waals surface area (Å²) < 4.78 is 42.0. The van der Waals surface area contributed by atoms with Crippen molar-refractivity contribution in [2.24, 2.45) is 0 Å². The summed E-state index contributed by atoms with van der Waals surface area (Å²) in [5, 5.41) is 3.47. The Balaban J connectivity index is 2.03. The zero-order valence-corrected chi connectivity index (χ0v) is 24.3. The molecule has 0 heterocycles. The topological polar surface area (TPSA) is 86.8 Å². The molecule has 0 aromatic heterocycles. The first kappa shape index (κ1) is 30.4. The molecule has 3 rings (SSSR count). The number of hydrogen-bond donors (Lipinski definition) is 1. The molecule has 1 N–H and O–H groups in total. The van der Waals surface area contributed by atoms with Crippen molar-refractivity contribution in [2.75, 3.05) is 10.8 Å². The lowest BCUT2D eigenvalue weighted by molar-refractivity contribution is -0.140. The number of sulfonamides is 1. The van der Waals surface area contributed by atoms with Gasteiger partial charge in [-0.1, -0.05) is 41.4 Å². The lowest BCUT2D eigenvalue weighted by Gasteiger charge is -2.33. The summed E-state index contributed by atoms with van der Waals surface area (Å²) in [7, 11) is -4.25. The average molecular weight is 595 g/mol. The van der Waals surface area contributed by atoms with E-state index in [1.807, 2.05) is 20.8 Å². The quantitative estimate of drug-likeness (QED) is 0.347. The highest BCUT2D eigenvalue weighted by molar-refractivity contribution is 7.92. The number of nitrogens with one attached hydrogen (secondary N) is 1. The Kier molecular flexibility index (Phi) is 9.64. The van der Waals surface area contributed by atoms with Gasteiger partial charge in [-0.2, -0.15) is 0 Å². The summed E-state index contributed by atoms with van der Waals surface area (Å²) in [6.07, 6.45) is 0. The van der Waals surface area contributed by atoms with Crippen molar-refractivity contribution in [3.63, 3.8) is 0 Å². The molecule has 0 aliphatic rings. The van der Waals surface area contributed by atoms with Crippen molar-refractivity contribution in [3.05, 3.63) is 94.2 Å². The van der Waals surface area contributed by atoms with Crippen LogP contribution in [0.1, 0.15) is 33.3 Å². The van der Waals surface area contributed by atoms with E-state index in [1.54, 1.807) is 19.1 Å². The second-order valence-electron chi connectivity index (χ2n) is 10.0. The molecule has 11 heteroatoms. The SMILES string of the molecule is C[C@H](C(=O)NC(C)(C)C)N(Cc1ccc(F)cc1)C(=O)CN(c1cccc(Cl)c1)S(=O)(=O)c1ccc(Cl)cc1. The summed E-state index contributed by atoms with van der Waals surface area (Å²) in [4.78, 5) is 28.1. The molecule has 0 unspecified atom stereocenters. The van der Waals surface area contributed by atoms with Crippen LogP contribution in [0.3, 0.4) is 0 Å². The van der Waals surface area contributed by atoms with Gasteiger partial charge < -0.3 is 10.2 Å². The average Bonchev–Trinajstić information content (AvgIpc) is 2.85. The third-order valence-corrected chi connectivity index (χ3v) is 7.98. The van der Waals surface area contributed by atoms with E-state index >= 15 is 0 Å². The number of carbonyl (C=O) groups excluding carboxylic acids is 2. The van der Waals surface area contributed by atoms with Crippen LogP contribution in [0.4, 0.5) is 10.1 Å². The van der Waals surface area contributed by atoms with Gasteiger partial charge in [0, 0.05) is 22.1 Å². The second-order valence-corrected chi connectivity index (χ2v) is 12.7. The van der Waals surface area contributed by atoms with E-state index in [-0.39, 0.29) is 22.2 Å². The highest BCUT2D eigenvalue weighted by Crippen LogP contribution is 2.27. The molecular formula is C28H30Cl2FN3O4S.